The van der Waals surface area contributed by atoms with E-state index in [1.54, 1.807) is 0 Å². The summed E-state index contributed by atoms with van der Waals surface area (Å²) in [4.78, 5) is 27.7. The topological polar surface area (TPSA) is 78.7 Å². The van der Waals surface area contributed by atoms with E-state index in [0.717, 1.165) is 39.1 Å². The summed E-state index contributed by atoms with van der Waals surface area (Å²) < 4.78 is 0. The zero-order chi connectivity index (χ0) is 17.9. The van der Waals surface area contributed by atoms with Gasteiger partial charge in [0.2, 0.25) is 5.91 Å². The number of imide groups is 1. The van der Waals surface area contributed by atoms with Crippen molar-refractivity contribution in [3.05, 3.63) is 35.9 Å². The number of carbonyl (C=O) groups is 2. The number of piperidine rings is 1. The number of nitrogens with zero attached hydrogens (tertiary/aromatic N) is 2. The molecular formula is C19H28N4O2. The van der Waals surface area contributed by atoms with E-state index in [0.29, 0.717) is 0 Å². The maximum atomic E-state index is 12.1. The number of amides is 3. The van der Waals surface area contributed by atoms with Crippen LogP contribution in [0.25, 0.3) is 0 Å². The molecule has 25 heavy (non-hydrogen) atoms. The molecule has 1 aromatic carbocycles. The molecule has 6 nitrogen and oxygen atoms in total. The van der Waals surface area contributed by atoms with Gasteiger partial charge in [-0.1, -0.05) is 30.3 Å². The first-order chi connectivity index (χ1) is 12.0. The number of nitrogens with one attached hydrogen (secondary N) is 1. The van der Waals surface area contributed by atoms with E-state index < -0.39 is 6.03 Å². The summed E-state index contributed by atoms with van der Waals surface area (Å²) in [6, 6.07) is 9.48. The van der Waals surface area contributed by atoms with E-state index in [4.69, 9.17) is 5.73 Å². The fourth-order valence-electron chi connectivity index (χ4n) is 4.31. The fraction of sp³-hybridized carbons (Fsp3) is 0.579. The Morgan fingerprint density at radius 3 is 2.68 bits per heavy atom. The average Bonchev–Trinajstić information content (AvgIpc) is 2.97. The lowest BCUT2D eigenvalue weighted by molar-refractivity contribution is -0.124. The van der Waals surface area contributed by atoms with Gasteiger partial charge in [0.05, 0.1) is 6.04 Å². The Morgan fingerprint density at radius 1 is 1.20 bits per heavy atom. The van der Waals surface area contributed by atoms with Gasteiger partial charge >= 0.3 is 6.03 Å². The van der Waals surface area contributed by atoms with Crippen LogP contribution >= 0.6 is 0 Å². The number of carbonyl (C=O) groups excluding carboxylic acids is 2. The second kappa shape index (κ2) is 7.54. The molecule has 3 amide bonds. The van der Waals surface area contributed by atoms with Gasteiger partial charge in [-0.2, -0.15) is 0 Å². The first kappa shape index (κ1) is 17.9. The molecule has 136 valence electrons. The van der Waals surface area contributed by atoms with Crippen LogP contribution in [-0.4, -0.2) is 54.0 Å². The highest BCUT2D eigenvalue weighted by Gasteiger charge is 2.43. The molecule has 2 heterocycles. The zero-order valence-electron chi connectivity index (χ0n) is 14.9. The minimum atomic E-state index is -0.780. The van der Waals surface area contributed by atoms with Crippen molar-refractivity contribution in [2.75, 3.05) is 26.2 Å². The normalized spacial score (nSPS) is 25.8. The number of primary amides is 1. The predicted octanol–water partition coefficient (Wildman–Crippen LogP) is 1.56. The predicted molar refractivity (Wildman–Crippen MR) is 96.8 cm³/mol. The van der Waals surface area contributed by atoms with Gasteiger partial charge in [0, 0.05) is 19.6 Å². The molecule has 2 unspecified atom stereocenters. The van der Waals surface area contributed by atoms with Gasteiger partial charge in [-0.25, -0.2) is 4.79 Å². The van der Waals surface area contributed by atoms with Crippen LogP contribution in [0.15, 0.2) is 30.3 Å². The number of urea groups is 1. The van der Waals surface area contributed by atoms with E-state index in [2.05, 4.69) is 45.4 Å². The standard InChI is InChI=1S/C19H28N4O2/c1-15(17(24)21-18(20)25)23-11-9-19(14-23)8-5-10-22(13-19)12-16-6-3-2-4-7-16/h2-4,6-7,15H,5,8-14H2,1H3,(H3,20,21,24,25). The number of likely N-dealkylation sites (tertiary alicyclic amines) is 2. The SMILES string of the molecule is CC(C(=O)NC(N)=O)N1CCC2(CCCN(Cc3ccccc3)C2)C1. The van der Waals surface area contributed by atoms with Gasteiger partial charge in [0.25, 0.3) is 0 Å². The van der Waals surface area contributed by atoms with Crippen molar-refractivity contribution in [1.82, 2.24) is 15.1 Å². The Kier molecular flexibility index (Phi) is 5.39. The first-order valence-corrected chi connectivity index (χ1v) is 9.08. The molecular weight excluding hydrogens is 316 g/mol. The minimum absolute atomic E-state index is 0.258. The zero-order valence-corrected chi connectivity index (χ0v) is 14.9. The van der Waals surface area contributed by atoms with Gasteiger partial charge in [-0.3, -0.25) is 19.9 Å². The molecule has 3 N–H and O–H groups in total. The summed E-state index contributed by atoms with van der Waals surface area (Å²) in [6.45, 7) is 6.84. The van der Waals surface area contributed by atoms with Crippen molar-refractivity contribution >= 4 is 11.9 Å². The van der Waals surface area contributed by atoms with Crippen molar-refractivity contribution in [2.24, 2.45) is 11.1 Å². The van der Waals surface area contributed by atoms with E-state index in [1.165, 1.54) is 18.4 Å². The van der Waals surface area contributed by atoms with Crippen molar-refractivity contribution in [3.63, 3.8) is 0 Å². The smallest absolute Gasteiger partial charge is 0.318 e. The second-order valence-corrected chi connectivity index (χ2v) is 7.55. The van der Waals surface area contributed by atoms with Gasteiger partial charge in [0.15, 0.2) is 0 Å². The summed E-state index contributed by atoms with van der Waals surface area (Å²) in [5.41, 5.74) is 6.67. The number of nitrogens with two attached hydrogens (primary N) is 1. The molecule has 0 aromatic heterocycles. The molecule has 0 radical (unpaired) electrons. The van der Waals surface area contributed by atoms with Crippen LogP contribution in [0.3, 0.4) is 0 Å². The quantitative estimate of drug-likeness (QED) is 0.869. The van der Waals surface area contributed by atoms with Crippen molar-refractivity contribution in [3.8, 4) is 0 Å². The third-order valence-electron chi connectivity index (χ3n) is 5.63. The van der Waals surface area contributed by atoms with Crippen LogP contribution < -0.4 is 11.1 Å². The monoisotopic (exact) mass is 344 g/mol. The fourth-order valence-corrected chi connectivity index (χ4v) is 4.31. The number of hydrogen-bond acceptors (Lipinski definition) is 4. The highest BCUT2D eigenvalue weighted by Crippen LogP contribution is 2.40. The van der Waals surface area contributed by atoms with Crippen LogP contribution in [0, 0.1) is 5.41 Å². The number of hydrogen-bond donors (Lipinski definition) is 2. The summed E-state index contributed by atoms with van der Waals surface area (Å²) in [5, 5.41) is 2.20. The van der Waals surface area contributed by atoms with Gasteiger partial charge in [-0.05, 0) is 50.3 Å². The average molecular weight is 344 g/mol. The molecule has 0 bridgehead atoms. The highest BCUT2D eigenvalue weighted by molar-refractivity contribution is 5.96. The third kappa shape index (κ3) is 4.38. The lowest BCUT2D eigenvalue weighted by Crippen LogP contribution is -2.49. The minimum Gasteiger partial charge on any atom is -0.351 e. The Balaban J connectivity index is 1.59. The summed E-state index contributed by atoms with van der Waals surface area (Å²) in [6.07, 6.45) is 3.51. The maximum Gasteiger partial charge on any atom is 0.318 e. The number of rotatable bonds is 4. The molecule has 2 fully saturated rings. The van der Waals surface area contributed by atoms with Crippen LogP contribution in [0.5, 0.6) is 0 Å². The molecule has 6 heteroatoms. The lowest BCUT2D eigenvalue weighted by Gasteiger charge is -2.41. The molecule has 1 spiro atoms. The van der Waals surface area contributed by atoms with Crippen molar-refractivity contribution in [2.45, 2.75) is 38.8 Å². The van der Waals surface area contributed by atoms with Crippen LogP contribution in [0.2, 0.25) is 0 Å². The van der Waals surface area contributed by atoms with E-state index in [1.807, 2.05) is 6.92 Å². The molecule has 1 aromatic rings. The van der Waals surface area contributed by atoms with Crippen LogP contribution in [-0.2, 0) is 11.3 Å². The van der Waals surface area contributed by atoms with Gasteiger partial charge < -0.3 is 5.73 Å². The summed E-state index contributed by atoms with van der Waals surface area (Å²) in [5.74, 6) is -0.304. The van der Waals surface area contributed by atoms with Crippen LogP contribution in [0.1, 0.15) is 31.7 Å². The van der Waals surface area contributed by atoms with E-state index >= 15 is 0 Å². The summed E-state index contributed by atoms with van der Waals surface area (Å²) in [7, 11) is 0. The Bertz CT molecular complexity index is 621. The molecule has 0 aliphatic carbocycles. The van der Waals surface area contributed by atoms with Gasteiger partial charge in [-0.15, -0.1) is 0 Å². The largest absolute Gasteiger partial charge is 0.351 e. The molecule has 2 aliphatic heterocycles. The van der Waals surface area contributed by atoms with E-state index in [-0.39, 0.29) is 17.4 Å². The van der Waals surface area contributed by atoms with Crippen molar-refractivity contribution < 1.29 is 9.59 Å². The molecule has 3 rings (SSSR count). The maximum absolute atomic E-state index is 12.1. The van der Waals surface area contributed by atoms with Gasteiger partial charge in [0.1, 0.15) is 0 Å². The first-order valence-electron chi connectivity index (χ1n) is 9.08. The molecule has 2 saturated heterocycles. The summed E-state index contributed by atoms with van der Waals surface area (Å²) >= 11 is 0. The molecule has 0 saturated carbocycles. The molecule has 2 atom stereocenters. The Morgan fingerprint density at radius 2 is 1.96 bits per heavy atom. The molecule has 2 aliphatic rings. The highest BCUT2D eigenvalue weighted by atomic mass is 16.2. The van der Waals surface area contributed by atoms with Crippen LogP contribution in [0.4, 0.5) is 4.79 Å². The van der Waals surface area contributed by atoms with Crippen molar-refractivity contribution in [1.29, 1.82) is 0 Å². The number of benzene rings is 1. The van der Waals surface area contributed by atoms with E-state index in [9.17, 15) is 9.59 Å². The Hall–Kier alpha value is -1.92. The Labute approximate surface area is 149 Å². The third-order valence-corrected chi connectivity index (χ3v) is 5.63. The second-order valence-electron chi connectivity index (χ2n) is 7.55. The lowest BCUT2D eigenvalue weighted by atomic mass is 9.79.